The fraction of sp³-hybridized carbons (Fsp3) is 0.867. The van der Waals surface area contributed by atoms with Gasteiger partial charge in [-0.1, -0.05) is 0 Å². The highest BCUT2D eigenvalue weighted by atomic mass is 16.2. The van der Waals surface area contributed by atoms with Crippen LogP contribution in [0.25, 0.3) is 0 Å². The van der Waals surface area contributed by atoms with Crippen molar-refractivity contribution >= 4 is 11.8 Å². The van der Waals surface area contributed by atoms with E-state index in [0.717, 1.165) is 58.7 Å². The van der Waals surface area contributed by atoms with E-state index in [1.165, 1.54) is 6.92 Å². The molecule has 0 radical (unpaired) electrons. The summed E-state index contributed by atoms with van der Waals surface area (Å²) in [7, 11) is 2.12. The molecule has 0 saturated carbocycles. The Bertz CT molecular complexity index is 359. The summed E-state index contributed by atoms with van der Waals surface area (Å²) in [5.41, 5.74) is 0. The van der Waals surface area contributed by atoms with Crippen LogP contribution in [0.1, 0.15) is 19.8 Å². The van der Waals surface area contributed by atoms with Gasteiger partial charge in [0.1, 0.15) is 0 Å². The third kappa shape index (κ3) is 4.97. The minimum absolute atomic E-state index is 0.0195. The second kappa shape index (κ2) is 7.75. The predicted molar refractivity (Wildman–Crippen MR) is 81.9 cm³/mol. The van der Waals surface area contributed by atoms with Gasteiger partial charge in [0.05, 0.1) is 0 Å². The zero-order chi connectivity index (χ0) is 15.2. The van der Waals surface area contributed by atoms with Crippen LogP contribution in [0, 0.1) is 5.92 Å². The van der Waals surface area contributed by atoms with Crippen molar-refractivity contribution < 1.29 is 9.59 Å². The number of hydrogen-bond donors (Lipinski definition) is 1. The Labute approximate surface area is 127 Å². The van der Waals surface area contributed by atoms with E-state index in [0.29, 0.717) is 12.5 Å². The largest absolute Gasteiger partial charge is 0.355 e. The van der Waals surface area contributed by atoms with Gasteiger partial charge < -0.3 is 15.1 Å². The summed E-state index contributed by atoms with van der Waals surface area (Å²) in [6, 6.07) is 0. The van der Waals surface area contributed by atoms with Crippen molar-refractivity contribution in [1.82, 2.24) is 20.0 Å². The minimum Gasteiger partial charge on any atom is -0.355 e. The predicted octanol–water partition coefficient (Wildman–Crippen LogP) is -0.391. The number of likely N-dealkylation sites (tertiary alicyclic amines) is 1. The van der Waals surface area contributed by atoms with E-state index in [-0.39, 0.29) is 11.8 Å². The first-order valence-corrected chi connectivity index (χ1v) is 8.00. The van der Waals surface area contributed by atoms with Crippen molar-refractivity contribution in [3.8, 4) is 0 Å². The summed E-state index contributed by atoms with van der Waals surface area (Å²) in [5.74, 6) is 0.600. The molecular formula is C15H28N4O2. The number of carbonyl (C=O) groups excluding carboxylic acids is 2. The molecule has 0 bridgehead atoms. The lowest BCUT2D eigenvalue weighted by Gasteiger charge is -2.38. The van der Waals surface area contributed by atoms with Gasteiger partial charge in [-0.3, -0.25) is 14.5 Å². The van der Waals surface area contributed by atoms with Gasteiger partial charge in [0, 0.05) is 52.1 Å². The van der Waals surface area contributed by atoms with E-state index in [1.807, 2.05) is 4.90 Å². The molecular weight excluding hydrogens is 268 g/mol. The maximum Gasteiger partial charge on any atom is 0.225 e. The van der Waals surface area contributed by atoms with Crippen LogP contribution in [-0.4, -0.2) is 85.9 Å². The minimum atomic E-state index is 0.0195. The molecule has 1 N–H and O–H groups in total. The zero-order valence-electron chi connectivity index (χ0n) is 13.3. The molecule has 0 aromatic carbocycles. The van der Waals surface area contributed by atoms with Crippen molar-refractivity contribution in [3.63, 3.8) is 0 Å². The highest BCUT2D eigenvalue weighted by Crippen LogP contribution is 2.19. The summed E-state index contributed by atoms with van der Waals surface area (Å²) in [6.45, 7) is 8.65. The highest BCUT2D eigenvalue weighted by molar-refractivity contribution is 5.79. The zero-order valence-corrected chi connectivity index (χ0v) is 13.3. The fourth-order valence-corrected chi connectivity index (χ4v) is 3.10. The monoisotopic (exact) mass is 296 g/mol. The van der Waals surface area contributed by atoms with Crippen LogP contribution < -0.4 is 5.32 Å². The molecule has 21 heavy (non-hydrogen) atoms. The quantitative estimate of drug-likeness (QED) is 0.768. The smallest absolute Gasteiger partial charge is 0.225 e. The van der Waals surface area contributed by atoms with E-state index >= 15 is 0 Å². The number of amides is 2. The number of nitrogens with one attached hydrogen (secondary N) is 1. The Morgan fingerprint density at radius 2 is 1.67 bits per heavy atom. The second-order valence-electron chi connectivity index (χ2n) is 6.23. The molecule has 0 aromatic heterocycles. The van der Waals surface area contributed by atoms with Crippen LogP contribution in [0.3, 0.4) is 0 Å². The molecule has 0 aliphatic carbocycles. The average Bonchev–Trinajstić information content (AvgIpc) is 2.48. The van der Waals surface area contributed by atoms with Gasteiger partial charge in [-0.25, -0.2) is 0 Å². The van der Waals surface area contributed by atoms with Crippen LogP contribution in [0.4, 0.5) is 0 Å². The van der Waals surface area contributed by atoms with Gasteiger partial charge in [-0.2, -0.15) is 0 Å². The number of nitrogens with zero attached hydrogens (tertiary/aromatic N) is 3. The highest BCUT2D eigenvalue weighted by Gasteiger charge is 2.29. The Balaban J connectivity index is 1.68. The van der Waals surface area contributed by atoms with E-state index in [2.05, 4.69) is 22.2 Å². The lowest BCUT2D eigenvalue weighted by Crippen LogP contribution is -2.52. The molecule has 2 aliphatic heterocycles. The number of piperazine rings is 1. The molecule has 0 unspecified atom stereocenters. The number of piperidine rings is 1. The summed E-state index contributed by atoms with van der Waals surface area (Å²) < 4.78 is 0. The standard InChI is InChI=1S/C15H28N4O2/c1-13(20)16-5-8-18-9-11-19(12-10-18)15(21)14-3-6-17(2)7-4-14/h14H,3-12H2,1-2H3,(H,16,20). The average molecular weight is 296 g/mol. The maximum atomic E-state index is 12.5. The molecule has 0 atom stereocenters. The van der Waals surface area contributed by atoms with Crippen LogP contribution >= 0.6 is 0 Å². The summed E-state index contributed by atoms with van der Waals surface area (Å²) in [6.07, 6.45) is 2.00. The fourth-order valence-electron chi connectivity index (χ4n) is 3.10. The lowest BCUT2D eigenvalue weighted by molar-refractivity contribution is -0.138. The number of hydrogen-bond acceptors (Lipinski definition) is 4. The van der Waals surface area contributed by atoms with Crippen LogP contribution in [-0.2, 0) is 9.59 Å². The van der Waals surface area contributed by atoms with E-state index in [1.54, 1.807) is 0 Å². The SMILES string of the molecule is CC(=O)NCCN1CCN(C(=O)C2CCN(C)CC2)CC1. The molecule has 2 saturated heterocycles. The summed E-state index contributed by atoms with van der Waals surface area (Å²) in [4.78, 5) is 30.0. The van der Waals surface area contributed by atoms with E-state index < -0.39 is 0 Å². The van der Waals surface area contributed by atoms with Gasteiger partial charge in [-0.05, 0) is 33.0 Å². The van der Waals surface area contributed by atoms with Crippen molar-refractivity contribution in [3.05, 3.63) is 0 Å². The van der Waals surface area contributed by atoms with Crippen molar-refractivity contribution in [2.45, 2.75) is 19.8 Å². The topological polar surface area (TPSA) is 55.9 Å². The molecule has 2 amide bonds. The summed E-state index contributed by atoms with van der Waals surface area (Å²) >= 11 is 0. The summed E-state index contributed by atoms with van der Waals surface area (Å²) in [5, 5.41) is 2.82. The lowest BCUT2D eigenvalue weighted by atomic mass is 9.95. The van der Waals surface area contributed by atoms with Gasteiger partial charge >= 0.3 is 0 Å². The molecule has 6 nitrogen and oxygen atoms in total. The molecule has 2 heterocycles. The van der Waals surface area contributed by atoms with Crippen molar-refractivity contribution in [2.75, 3.05) is 59.4 Å². The Morgan fingerprint density at radius 3 is 2.24 bits per heavy atom. The second-order valence-corrected chi connectivity index (χ2v) is 6.23. The first-order chi connectivity index (χ1) is 10.1. The Hall–Kier alpha value is -1.14. The molecule has 2 rings (SSSR count). The normalized spacial score (nSPS) is 22.3. The van der Waals surface area contributed by atoms with Crippen LogP contribution in [0.5, 0.6) is 0 Å². The van der Waals surface area contributed by atoms with Gasteiger partial charge in [0.15, 0.2) is 0 Å². The van der Waals surface area contributed by atoms with Crippen LogP contribution in [0.2, 0.25) is 0 Å². The molecule has 0 spiro atoms. The van der Waals surface area contributed by atoms with Gasteiger partial charge in [0.25, 0.3) is 0 Å². The van der Waals surface area contributed by atoms with E-state index in [9.17, 15) is 9.59 Å². The van der Waals surface area contributed by atoms with E-state index in [4.69, 9.17) is 0 Å². The Kier molecular flexibility index (Phi) is 5.99. The third-order valence-corrected chi connectivity index (χ3v) is 4.55. The third-order valence-electron chi connectivity index (χ3n) is 4.55. The molecule has 2 aliphatic rings. The first kappa shape index (κ1) is 16.2. The maximum absolute atomic E-state index is 12.5. The number of rotatable bonds is 4. The molecule has 2 fully saturated rings. The molecule has 0 aromatic rings. The first-order valence-electron chi connectivity index (χ1n) is 8.00. The van der Waals surface area contributed by atoms with Gasteiger partial charge in [-0.15, -0.1) is 0 Å². The molecule has 6 heteroatoms. The van der Waals surface area contributed by atoms with Crippen LogP contribution in [0.15, 0.2) is 0 Å². The molecule has 120 valence electrons. The number of carbonyl (C=O) groups is 2. The van der Waals surface area contributed by atoms with Crippen molar-refractivity contribution in [2.24, 2.45) is 5.92 Å². The van der Waals surface area contributed by atoms with Gasteiger partial charge in [0.2, 0.25) is 11.8 Å². The van der Waals surface area contributed by atoms with Crippen molar-refractivity contribution in [1.29, 1.82) is 0 Å². The Morgan fingerprint density at radius 1 is 1.05 bits per heavy atom.